The molecule has 3 rings (SSSR count). The SMILES string of the molecule is CCCSNc1ccc(F)c(NC(=O)c2cccc3c(N)ncnc23)c1Cl. The van der Waals surface area contributed by atoms with E-state index < -0.39 is 11.7 Å². The summed E-state index contributed by atoms with van der Waals surface area (Å²) in [4.78, 5) is 20.8. The molecule has 4 N–H and O–H groups in total. The normalized spacial score (nSPS) is 10.8. The minimum absolute atomic E-state index is 0.0946. The fourth-order valence-electron chi connectivity index (χ4n) is 2.45. The average Bonchev–Trinajstić information content (AvgIpc) is 2.67. The maximum Gasteiger partial charge on any atom is 0.257 e. The summed E-state index contributed by atoms with van der Waals surface area (Å²) in [5, 5.41) is 3.18. The fourth-order valence-corrected chi connectivity index (χ4v) is 3.38. The minimum atomic E-state index is -0.631. The molecule has 9 heteroatoms. The Morgan fingerprint density at radius 1 is 1.30 bits per heavy atom. The van der Waals surface area contributed by atoms with Crippen LogP contribution in [-0.2, 0) is 0 Å². The van der Waals surface area contributed by atoms with Crippen molar-refractivity contribution in [3.8, 4) is 0 Å². The van der Waals surface area contributed by atoms with Gasteiger partial charge in [0.2, 0.25) is 0 Å². The number of carbonyl (C=O) groups excluding carboxylic acids is 1. The number of benzene rings is 2. The lowest BCUT2D eigenvalue weighted by Crippen LogP contribution is -2.15. The second-order valence-corrected chi connectivity index (χ2v) is 6.93. The maximum absolute atomic E-state index is 14.3. The fraction of sp³-hybridized carbons (Fsp3) is 0.167. The van der Waals surface area contributed by atoms with Crippen LogP contribution in [-0.4, -0.2) is 21.6 Å². The molecule has 0 aliphatic rings. The minimum Gasteiger partial charge on any atom is -0.383 e. The van der Waals surface area contributed by atoms with Gasteiger partial charge >= 0.3 is 0 Å². The summed E-state index contributed by atoms with van der Waals surface area (Å²) >= 11 is 7.75. The van der Waals surface area contributed by atoms with Crippen molar-refractivity contribution in [1.82, 2.24) is 9.97 Å². The summed E-state index contributed by atoms with van der Waals surface area (Å²) in [5.74, 6) is -0.0448. The summed E-state index contributed by atoms with van der Waals surface area (Å²) < 4.78 is 17.4. The zero-order chi connectivity index (χ0) is 19.4. The van der Waals surface area contributed by atoms with Gasteiger partial charge in [-0.25, -0.2) is 14.4 Å². The Morgan fingerprint density at radius 2 is 2.11 bits per heavy atom. The maximum atomic E-state index is 14.3. The molecular formula is C18H17ClFN5OS. The van der Waals surface area contributed by atoms with Crippen molar-refractivity contribution in [2.75, 3.05) is 21.5 Å². The van der Waals surface area contributed by atoms with E-state index in [0.717, 1.165) is 12.2 Å². The molecule has 0 aliphatic heterocycles. The summed E-state index contributed by atoms with van der Waals surface area (Å²) in [5.41, 5.74) is 6.89. The standard InChI is InChI=1S/C18H17ClFN5OS/c1-2-8-27-25-13-7-6-12(20)16(14(13)19)24-18(26)11-5-3-4-10-15(11)22-9-23-17(10)21/h3-7,9,25H,2,8H2,1H3,(H,24,26)(H2,21,22,23). The van der Waals surface area contributed by atoms with Crippen molar-refractivity contribution in [3.05, 3.63) is 53.1 Å². The molecule has 0 atom stereocenters. The number of carbonyl (C=O) groups is 1. The van der Waals surface area contributed by atoms with Crippen molar-refractivity contribution >= 4 is 57.6 Å². The van der Waals surface area contributed by atoms with Gasteiger partial charge in [0.25, 0.3) is 5.91 Å². The molecule has 1 heterocycles. The van der Waals surface area contributed by atoms with Crippen molar-refractivity contribution < 1.29 is 9.18 Å². The van der Waals surface area contributed by atoms with Crippen LogP contribution in [0.1, 0.15) is 23.7 Å². The molecule has 0 unspecified atom stereocenters. The molecule has 140 valence electrons. The topological polar surface area (TPSA) is 92.9 Å². The number of nitrogens with one attached hydrogen (secondary N) is 2. The first-order valence-corrected chi connectivity index (χ1v) is 9.55. The molecule has 0 saturated carbocycles. The van der Waals surface area contributed by atoms with Gasteiger partial charge in [0, 0.05) is 11.1 Å². The molecule has 27 heavy (non-hydrogen) atoms. The number of halogens is 2. The van der Waals surface area contributed by atoms with Gasteiger partial charge in [-0.1, -0.05) is 36.5 Å². The average molecular weight is 406 g/mol. The van der Waals surface area contributed by atoms with Crippen molar-refractivity contribution in [2.24, 2.45) is 0 Å². The summed E-state index contributed by atoms with van der Waals surface area (Å²) in [6, 6.07) is 7.73. The number of nitrogens with zero attached hydrogens (tertiary/aromatic N) is 2. The number of nitrogen functional groups attached to an aromatic ring is 1. The van der Waals surface area contributed by atoms with Gasteiger partial charge in [-0.15, -0.1) is 0 Å². The van der Waals surface area contributed by atoms with Gasteiger partial charge in [0.1, 0.15) is 18.0 Å². The van der Waals surface area contributed by atoms with Crippen LogP contribution < -0.4 is 15.8 Å². The molecule has 1 amide bonds. The molecule has 2 aromatic carbocycles. The molecule has 0 fully saturated rings. The largest absolute Gasteiger partial charge is 0.383 e. The van der Waals surface area contributed by atoms with Crippen LogP contribution in [0.4, 0.5) is 21.6 Å². The van der Waals surface area contributed by atoms with E-state index in [9.17, 15) is 9.18 Å². The first-order chi connectivity index (χ1) is 13.0. The highest BCUT2D eigenvalue weighted by Gasteiger charge is 2.18. The van der Waals surface area contributed by atoms with Crippen LogP contribution >= 0.6 is 23.5 Å². The van der Waals surface area contributed by atoms with Gasteiger partial charge in [0.05, 0.1) is 27.5 Å². The zero-order valence-corrected chi connectivity index (χ0v) is 16.0. The lowest BCUT2D eigenvalue weighted by Gasteiger charge is -2.14. The van der Waals surface area contributed by atoms with Crippen LogP contribution in [0.15, 0.2) is 36.7 Å². The molecule has 0 aliphatic carbocycles. The summed E-state index contributed by atoms with van der Waals surface area (Å²) in [7, 11) is 0. The Hall–Kier alpha value is -2.58. The highest BCUT2D eigenvalue weighted by Crippen LogP contribution is 2.34. The molecular weight excluding hydrogens is 389 g/mol. The molecule has 1 aromatic heterocycles. The number of aromatic nitrogens is 2. The first kappa shape index (κ1) is 19.2. The van der Waals surface area contributed by atoms with Crippen LogP contribution in [0, 0.1) is 5.82 Å². The molecule has 0 spiro atoms. The third-order valence-electron chi connectivity index (χ3n) is 3.76. The van der Waals surface area contributed by atoms with Crippen LogP contribution in [0.2, 0.25) is 5.02 Å². The second-order valence-electron chi connectivity index (χ2n) is 5.65. The zero-order valence-electron chi connectivity index (χ0n) is 14.4. The Labute approximate surface area is 164 Å². The van der Waals surface area contributed by atoms with Crippen molar-refractivity contribution in [3.63, 3.8) is 0 Å². The number of hydrogen-bond acceptors (Lipinski definition) is 6. The number of hydrogen-bond donors (Lipinski definition) is 3. The van der Waals surface area contributed by atoms with Gasteiger partial charge in [-0.2, -0.15) is 0 Å². The number of nitrogens with two attached hydrogens (primary N) is 1. The van der Waals surface area contributed by atoms with E-state index in [1.54, 1.807) is 18.2 Å². The van der Waals surface area contributed by atoms with Crippen LogP contribution in [0.3, 0.4) is 0 Å². The van der Waals surface area contributed by atoms with Gasteiger partial charge in [-0.3, -0.25) is 4.79 Å². The molecule has 0 bridgehead atoms. The summed E-state index contributed by atoms with van der Waals surface area (Å²) in [6.45, 7) is 2.05. The van der Waals surface area contributed by atoms with Gasteiger partial charge in [-0.05, 0) is 30.7 Å². The second kappa shape index (κ2) is 8.41. The van der Waals surface area contributed by atoms with Crippen LogP contribution in [0.5, 0.6) is 0 Å². The monoisotopic (exact) mass is 405 g/mol. The lowest BCUT2D eigenvalue weighted by molar-refractivity contribution is 0.102. The number of fused-ring (bicyclic) bond motifs is 1. The number of amides is 1. The molecule has 0 radical (unpaired) electrons. The molecule has 0 saturated heterocycles. The lowest BCUT2D eigenvalue weighted by atomic mass is 10.1. The van der Waals surface area contributed by atoms with E-state index >= 15 is 0 Å². The number of para-hydroxylation sites is 1. The van der Waals surface area contributed by atoms with E-state index in [0.29, 0.717) is 16.6 Å². The highest BCUT2D eigenvalue weighted by molar-refractivity contribution is 8.00. The van der Waals surface area contributed by atoms with Crippen molar-refractivity contribution in [1.29, 1.82) is 0 Å². The van der Waals surface area contributed by atoms with E-state index in [-0.39, 0.29) is 22.1 Å². The van der Waals surface area contributed by atoms with Crippen LogP contribution in [0.25, 0.3) is 10.9 Å². The number of rotatable bonds is 6. The van der Waals surface area contributed by atoms with E-state index in [2.05, 4.69) is 20.0 Å². The Morgan fingerprint density at radius 3 is 2.89 bits per heavy atom. The van der Waals surface area contributed by atoms with Gasteiger partial charge < -0.3 is 15.8 Å². The number of anilines is 3. The quantitative estimate of drug-likeness (QED) is 0.405. The predicted molar refractivity (Wildman–Crippen MR) is 110 cm³/mol. The summed E-state index contributed by atoms with van der Waals surface area (Å²) in [6.07, 6.45) is 2.25. The molecule has 3 aromatic rings. The van der Waals surface area contributed by atoms with E-state index in [1.165, 1.54) is 30.4 Å². The van der Waals surface area contributed by atoms with Gasteiger partial charge in [0.15, 0.2) is 0 Å². The molecule has 6 nitrogen and oxygen atoms in total. The first-order valence-electron chi connectivity index (χ1n) is 8.19. The smallest absolute Gasteiger partial charge is 0.257 e. The van der Waals surface area contributed by atoms with E-state index in [1.807, 2.05) is 6.92 Å². The third kappa shape index (κ3) is 4.06. The predicted octanol–water partition coefficient (Wildman–Crippen LogP) is 4.73. The van der Waals surface area contributed by atoms with E-state index in [4.69, 9.17) is 17.3 Å². The van der Waals surface area contributed by atoms with Crippen molar-refractivity contribution in [2.45, 2.75) is 13.3 Å². The highest BCUT2D eigenvalue weighted by atomic mass is 35.5. The Balaban J connectivity index is 1.93. The Kier molecular flexibility index (Phi) is 5.98. The third-order valence-corrected chi connectivity index (χ3v) is 5.13. The Bertz CT molecular complexity index is 1000.